The molecular formula is C15H20N2. The van der Waals surface area contributed by atoms with Crippen molar-refractivity contribution in [2.24, 2.45) is 9.98 Å². The summed E-state index contributed by atoms with van der Waals surface area (Å²) in [7, 11) is 0. The van der Waals surface area contributed by atoms with Crippen LogP contribution in [0.1, 0.15) is 20.3 Å². The topological polar surface area (TPSA) is 24.7 Å². The third kappa shape index (κ3) is 4.77. The molecule has 0 saturated heterocycles. The van der Waals surface area contributed by atoms with Crippen molar-refractivity contribution >= 4 is 11.9 Å². The third-order valence-corrected chi connectivity index (χ3v) is 2.56. The van der Waals surface area contributed by atoms with Gasteiger partial charge >= 0.3 is 0 Å². The van der Waals surface area contributed by atoms with Crippen LogP contribution in [0.3, 0.4) is 0 Å². The van der Waals surface area contributed by atoms with Crippen molar-refractivity contribution in [2.75, 3.05) is 13.1 Å². The van der Waals surface area contributed by atoms with Crippen LogP contribution in [0.2, 0.25) is 0 Å². The van der Waals surface area contributed by atoms with E-state index in [4.69, 9.17) is 0 Å². The van der Waals surface area contributed by atoms with Crippen molar-refractivity contribution in [2.45, 2.75) is 20.3 Å². The molecule has 0 saturated carbocycles. The van der Waals surface area contributed by atoms with E-state index < -0.39 is 0 Å². The highest BCUT2D eigenvalue weighted by atomic mass is 14.8. The molecule has 1 rings (SSSR count). The lowest BCUT2D eigenvalue weighted by Gasteiger charge is -2.07. The monoisotopic (exact) mass is 228 g/mol. The van der Waals surface area contributed by atoms with Gasteiger partial charge in [0.1, 0.15) is 0 Å². The second kappa shape index (κ2) is 7.55. The molecule has 1 heterocycles. The van der Waals surface area contributed by atoms with Gasteiger partial charge in [-0.2, -0.15) is 0 Å². The molecule has 0 aromatic rings. The standard InChI is InChI=1S/C15H20N2/c1-4-6-15(7-5-2)13(3)17-12-14-8-10-16-11-9-14/h4-8,10H,1,9,11-12H2,2-3H3/b7-5-,15-6+,17-13?. The summed E-state index contributed by atoms with van der Waals surface area (Å²) in [5, 5.41) is 0. The highest BCUT2D eigenvalue weighted by Gasteiger charge is 2.00. The van der Waals surface area contributed by atoms with Gasteiger partial charge in [0.05, 0.1) is 6.54 Å². The molecule has 17 heavy (non-hydrogen) atoms. The number of aliphatic imine (C=N–C) groups is 2. The van der Waals surface area contributed by atoms with Crippen LogP contribution in [0, 0.1) is 0 Å². The lowest BCUT2D eigenvalue weighted by atomic mass is 10.1. The summed E-state index contributed by atoms with van der Waals surface area (Å²) in [6.07, 6.45) is 12.8. The maximum absolute atomic E-state index is 4.60. The molecule has 1 aliphatic rings. The molecule has 0 atom stereocenters. The summed E-state index contributed by atoms with van der Waals surface area (Å²) in [4.78, 5) is 8.77. The minimum atomic E-state index is 0.768. The second-order valence-corrected chi connectivity index (χ2v) is 3.89. The summed E-state index contributed by atoms with van der Waals surface area (Å²) in [5.41, 5.74) is 3.51. The fraction of sp³-hybridized carbons (Fsp3) is 0.333. The van der Waals surface area contributed by atoms with Gasteiger partial charge in [0, 0.05) is 18.5 Å². The molecule has 1 aliphatic heterocycles. The Balaban J connectivity index is 2.70. The maximum Gasteiger partial charge on any atom is 0.0607 e. The van der Waals surface area contributed by atoms with Crippen molar-refractivity contribution in [3.8, 4) is 0 Å². The first-order chi connectivity index (χ1) is 8.27. The number of hydrogen-bond donors (Lipinski definition) is 0. The molecule has 0 bridgehead atoms. The summed E-state index contributed by atoms with van der Waals surface area (Å²) in [5.74, 6) is 0. The fourth-order valence-electron chi connectivity index (χ4n) is 1.57. The first-order valence-electron chi connectivity index (χ1n) is 5.92. The highest BCUT2D eigenvalue weighted by molar-refractivity contribution is 6.01. The van der Waals surface area contributed by atoms with E-state index in [0.29, 0.717) is 0 Å². The van der Waals surface area contributed by atoms with E-state index in [9.17, 15) is 0 Å². The van der Waals surface area contributed by atoms with E-state index in [1.165, 1.54) is 5.57 Å². The van der Waals surface area contributed by atoms with Crippen molar-refractivity contribution in [3.05, 3.63) is 48.1 Å². The summed E-state index contributed by atoms with van der Waals surface area (Å²) >= 11 is 0. The molecule has 0 radical (unpaired) electrons. The maximum atomic E-state index is 4.60. The first kappa shape index (κ1) is 13.4. The van der Waals surface area contributed by atoms with Gasteiger partial charge in [-0.3, -0.25) is 9.98 Å². The number of hydrogen-bond acceptors (Lipinski definition) is 2. The average molecular weight is 228 g/mol. The van der Waals surface area contributed by atoms with Crippen LogP contribution in [0.25, 0.3) is 0 Å². The van der Waals surface area contributed by atoms with Crippen LogP contribution in [-0.4, -0.2) is 25.0 Å². The van der Waals surface area contributed by atoms with E-state index in [1.54, 1.807) is 6.08 Å². The molecular weight excluding hydrogens is 208 g/mol. The van der Waals surface area contributed by atoms with Crippen LogP contribution in [-0.2, 0) is 0 Å². The van der Waals surface area contributed by atoms with E-state index in [-0.39, 0.29) is 0 Å². The molecule has 0 unspecified atom stereocenters. The molecule has 2 heteroatoms. The lowest BCUT2D eigenvalue weighted by molar-refractivity contribution is 0.905. The van der Waals surface area contributed by atoms with Crippen LogP contribution in [0.15, 0.2) is 58.1 Å². The van der Waals surface area contributed by atoms with Crippen LogP contribution in [0.5, 0.6) is 0 Å². The van der Waals surface area contributed by atoms with E-state index in [1.807, 2.05) is 32.2 Å². The number of dihydropyridines is 1. The Morgan fingerprint density at radius 3 is 3.00 bits per heavy atom. The van der Waals surface area contributed by atoms with E-state index in [0.717, 1.165) is 30.8 Å². The zero-order valence-electron chi connectivity index (χ0n) is 10.7. The summed E-state index contributed by atoms with van der Waals surface area (Å²) in [6, 6.07) is 0. The van der Waals surface area contributed by atoms with Gasteiger partial charge in [-0.1, -0.05) is 30.9 Å². The van der Waals surface area contributed by atoms with E-state index in [2.05, 4.69) is 28.7 Å². The van der Waals surface area contributed by atoms with Gasteiger partial charge in [0.2, 0.25) is 0 Å². The van der Waals surface area contributed by atoms with Gasteiger partial charge in [0.25, 0.3) is 0 Å². The minimum absolute atomic E-state index is 0.768. The normalized spacial score (nSPS) is 17.4. The minimum Gasteiger partial charge on any atom is -0.293 e. The first-order valence-corrected chi connectivity index (χ1v) is 5.92. The van der Waals surface area contributed by atoms with Crippen molar-refractivity contribution in [3.63, 3.8) is 0 Å². The predicted octanol–water partition coefficient (Wildman–Crippen LogP) is 3.54. The molecule has 0 spiro atoms. The third-order valence-electron chi connectivity index (χ3n) is 2.56. The average Bonchev–Trinajstić information content (AvgIpc) is 2.37. The summed E-state index contributed by atoms with van der Waals surface area (Å²) < 4.78 is 0. The Kier molecular flexibility index (Phi) is 5.94. The SMILES string of the molecule is C=C/C=C(\C=C/C)C(C)=NCC1=CC=NCC1. The highest BCUT2D eigenvalue weighted by Crippen LogP contribution is 2.08. The molecule has 0 amide bonds. The Bertz CT molecular complexity index is 407. The number of allylic oxidation sites excluding steroid dienone is 6. The van der Waals surface area contributed by atoms with Gasteiger partial charge in [-0.05, 0) is 37.5 Å². The van der Waals surface area contributed by atoms with Gasteiger partial charge in [-0.25, -0.2) is 0 Å². The molecule has 0 aliphatic carbocycles. The Labute approximate surface area is 104 Å². The smallest absolute Gasteiger partial charge is 0.0607 e. The molecule has 0 N–H and O–H groups in total. The zero-order valence-corrected chi connectivity index (χ0v) is 10.7. The molecule has 0 aromatic heterocycles. The number of rotatable bonds is 5. The van der Waals surface area contributed by atoms with Gasteiger partial charge < -0.3 is 0 Å². The Morgan fingerprint density at radius 1 is 1.59 bits per heavy atom. The number of nitrogens with zero attached hydrogens (tertiary/aromatic N) is 2. The van der Waals surface area contributed by atoms with E-state index >= 15 is 0 Å². The molecule has 2 nitrogen and oxygen atoms in total. The van der Waals surface area contributed by atoms with Crippen molar-refractivity contribution in [1.29, 1.82) is 0 Å². The second-order valence-electron chi connectivity index (χ2n) is 3.89. The summed E-state index contributed by atoms with van der Waals surface area (Å²) in [6.45, 7) is 9.42. The van der Waals surface area contributed by atoms with Crippen LogP contribution < -0.4 is 0 Å². The predicted molar refractivity (Wildman–Crippen MR) is 77.1 cm³/mol. The van der Waals surface area contributed by atoms with Crippen molar-refractivity contribution in [1.82, 2.24) is 0 Å². The van der Waals surface area contributed by atoms with Crippen LogP contribution in [0.4, 0.5) is 0 Å². The Morgan fingerprint density at radius 2 is 2.41 bits per heavy atom. The Hall–Kier alpha value is -1.70. The largest absolute Gasteiger partial charge is 0.293 e. The zero-order chi connectivity index (χ0) is 12.5. The molecule has 90 valence electrons. The van der Waals surface area contributed by atoms with Gasteiger partial charge in [0.15, 0.2) is 0 Å². The molecule has 0 aromatic carbocycles. The molecule has 0 fully saturated rings. The van der Waals surface area contributed by atoms with Gasteiger partial charge in [-0.15, -0.1) is 0 Å². The van der Waals surface area contributed by atoms with Crippen LogP contribution >= 0.6 is 0 Å². The van der Waals surface area contributed by atoms with Crippen molar-refractivity contribution < 1.29 is 0 Å². The quantitative estimate of drug-likeness (QED) is 0.508. The fourth-order valence-corrected chi connectivity index (χ4v) is 1.57. The lowest BCUT2D eigenvalue weighted by Crippen LogP contribution is -2.02.